The first-order chi connectivity index (χ1) is 9.54. The highest BCUT2D eigenvalue weighted by atomic mass is 32.2. The van der Waals surface area contributed by atoms with Crippen LogP contribution in [0.2, 0.25) is 0 Å². The third-order valence-electron chi connectivity index (χ3n) is 3.43. The topological polar surface area (TPSA) is 75.6 Å². The number of ether oxygens (including phenoxy) is 1. The van der Waals surface area contributed by atoms with Crippen molar-refractivity contribution in [2.24, 2.45) is 0 Å². The average molecular weight is 319 g/mol. The SMILES string of the molecule is Cc1csc(CO)c1S(=O)(=O)NCCC1CCCCO1. The number of nitrogens with one attached hydrogen (secondary N) is 1. The Labute approximate surface area is 124 Å². The highest BCUT2D eigenvalue weighted by molar-refractivity contribution is 7.89. The van der Waals surface area contributed by atoms with Crippen LogP contribution in [0.4, 0.5) is 0 Å². The fraction of sp³-hybridized carbons (Fsp3) is 0.692. The first-order valence-electron chi connectivity index (χ1n) is 6.83. The lowest BCUT2D eigenvalue weighted by atomic mass is 10.1. The van der Waals surface area contributed by atoms with E-state index in [0.29, 0.717) is 23.4 Å². The summed E-state index contributed by atoms with van der Waals surface area (Å²) in [5, 5.41) is 11.0. The summed E-state index contributed by atoms with van der Waals surface area (Å²) in [5.41, 5.74) is 0.681. The molecule has 2 N–H and O–H groups in total. The zero-order valence-electron chi connectivity index (χ0n) is 11.6. The minimum Gasteiger partial charge on any atom is -0.391 e. The number of aryl methyl sites for hydroxylation is 1. The number of hydrogen-bond acceptors (Lipinski definition) is 5. The van der Waals surface area contributed by atoms with Gasteiger partial charge in [-0.25, -0.2) is 13.1 Å². The largest absolute Gasteiger partial charge is 0.391 e. The fourth-order valence-corrected chi connectivity index (χ4v) is 5.12. The van der Waals surface area contributed by atoms with Crippen molar-refractivity contribution < 1.29 is 18.3 Å². The van der Waals surface area contributed by atoms with E-state index in [9.17, 15) is 13.5 Å². The van der Waals surface area contributed by atoms with Crippen LogP contribution in [0, 0.1) is 6.92 Å². The molecule has 1 fully saturated rings. The maximum atomic E-state index is 12.3. The van der Waals surface area contributed by atoms with Gasteiger partial charge in [0.2, 0.25) is 10.0 Å². The van der Waals surface area contributed by atoms with Gasteiger partial charge in [0.1, 0.15) is 4.90 Å². The second-order valence-electron chi connectivity index (χ2n) is 5.00. The molecule has 0 aliphatic carbocycles. The normalized spacial score (nSPS) is 20.2. The van der Waals surface area contributed by atoms with Gasteiger partial charge in [-0.15, -0.1) is 11.3 Å². The van der Waals surface area contributed by atoms with Crippen molar-refractivity contribution in [1.29, 1.82) is 0 Å². The Balaban J connectivity index is 1.95. The third kappa shape index (κ3) is 3.79. The maximum absolute atomic E-state index is 12.3. The van der Waals surface area contributed by atoms with Crippen LogP contribution < -0.4 is 4.72 Å². The Bertz CT molecular complexity index is 533. The summed E-state index contributed by atoms with van der Waals surface area (Å²) in [4.78, 5) is 0.721. The van der Waals surface area contributed by atoms with Crippen molar-refractivity contribution in [3.05, 3.63) is 15.8 Å². The zero-order chi connectivity index (χ0) is 14.6. The lowest BCUT2D eigenvalue weighted by Crippen LogP contribution is -2.30. The zero-order valence-corrected chi connectivity index (χ0v) is 13.2. The molecule has 1 aliphatic rings. The Morgan fingerprint density at radius 3 is 2.95 bits per heavy atom. The van der Waals surface area contributed by atoms with Gasteiger partial charge in [-0.3, -0.25) is 0 Å². The predicted molar refractivity (Wildman–Crippen MR) is 78.4 cm³/mol. The molecule has 1 aromatic rings. The second kappa shape index (κ2) is 7.00. The van der Waals surface area contributed by atoms with Crippen molar-refractivity contribution in [3.8, 4) is 0 Å². The molecule has 2 heterocycles. The van der Waals surface area contributed by atoms with Crippen LogP contribution in [-0.4, -0.2) is 32.8 Å². The van der Waals surface area contributed by atoms with Crippen LogP contribution in [0.3, 0.4) is 0 Å². The Morgan fingerprint density at radius 2 is 2.30 bits per heavy atom. The van der Waals surface area contributed by atoms with Crippen molar-refractivity contribution in [2.45, 2.75) is 50.2 Å². The molecule has 0 spiro atoms. The van der Waals surface area contributed by atoms with Crippen LogP contribution in [-0.2, 0) is 21.4 Å². The van der Waals surface area contributed by atoms with Gasteiger partial charge in [-0.05, 0) is 43.6 Å². The lowest BCUT2D eigenvalue weighted by Gasteiger charge is -2.22. The molecule has 0 amide bonds. The highest BCUT2D eigenvalue weighted by Crippen LogP contribution is 2.26. The summed E-state index contributed by atoms with van der Waals surface area (Å²) in [6.45, 7) is 2.64. The van der Waals surface area contributed by atoms with Gasteiger partial charge in [0.15, 0.2) is 0 Å². The van der Waals surface area contributed by atoms with Gasteiger partial charge < -0.3 is 9.84 Å². The number of aliphatic hydroxyl groups excluding tert-OH is 1. The molecule has 1 unspecified atom stereocenters. The first-order valence-corrected chi connectivity index (χ1v) is 9.20. The van der Waals surface area contributed by atoms with Gasteiger partial charge in [-0.2, -0.15) is 0 Å². The Kier molecular flexibility index (Phi) is 5.57. The molecule has 0 bridgehead atoms. The summed E-state index contributed by atoms with van der Waals surface area (Å²) in [6.07, 6.45) is 4.09. The van der Waals surface area contributed by atoms with Crippen molar-refractivity contribution in [2.75, 3.05) is 13.2 Å². The van der Waals surface area contributed by atoms with E-state index >= 15 is 0 Å². The van der Waals surface area contributed by atoms with Crippen molar-refractivity contribution >= 4 is 21.4 Å². The van der Waals surface area contributed by atoms with Gasteiger partial charge >= 0.3 is 0 Å². The van der Waals surface area contributed by atoms with Gasteiger partial charge in [0.25, 0.3) is 0 Å². The van der Waals surface area contributed by atoms with E-state index < -0.39 is 10.0 Å². The van der Waals surface area contributed by atoms with Gasteiger partial charge in [-0.1, -0.05) is 0 Å². The highest BCUT2D eigenvalue weighted by Gasteiger charge is 2.23. The lowest BCUT2D eigenvalue weighted by molar-refractivity contribution is 0.0123. The van der Waals surface area contributed by atoms with Crippen LogP contribution in [0.15, 0.2) is 10.3 Å². The van der Waals surface area contributed by atoms with Crippen molar-refractivity contribution in [3.63, 3.8) is 0 Å². The minimum absolute atomic E-state index is 0.160. The maximum Gasteiger partial charge on any atom is 0.242 e. The van der Waals surface area contributed by atoms with Crippen LogP contribution >= 0.6 is 11.3 Å². The number of aliphatic hydroxyl groups is 1. The number of rotatable bonds is 6. The molecule has 1 aromatic heterocycles. The molecule has 1 aliphatic heterocycles. The summed E-state index contributed by atoms with van der Waals surface area (Å²) in [5.74, 6) is 0. The van der Waals surface area contributed by atoms with Gasteiger partial charge in [0, 0.05) is 13.2 Å². The smallest absolute Gasteiger partial charge is 0.242 e. The Hall–Kier alpha value is -0.470. The van der Waals surface area contributed by atoms with E-state index in [-0.39, 0.29) is 17.6 Å². The predicted octanol–water partition coefficient (Wildman–Crippen LogP) is 1.79. The molecule has 114 valence electrons. The molecule has 1 atom stereocenters. The summed E-state index contributed by atoms with van der Waals surface area (Å²) in [7, 11) is -3.55. The van der Waals surface area contributed by atoms with E-state index in [4.69, 9.17) is 4.74 Å². The van der Waals surface area contributed by atoms with Crippen molar-refractivity contribution in [1.82, 2.24) is 4.72 Å². The molecule has 0 saturated carbocycles. The van der Waals surface area contributed by atoms with Crippen LogP contribution in [0.1, 0.15) is 36.1 Å². The minimum atomic E-state index is -3.55. The number of hydrogen-bond donors (Lipinski definition) is 2. The number of thiophene rings is 1. The fourth-order valence-electron chi connectivity index (χ4n) is 2.42. The quantitative estimate of drug-likeness (QED) is 0.838. The molecular formula is C13H21NO4S2. The van der Waals surface area contributed by atoms with Crippen LogP contribution in [0.5, 0.6) is 0 Å². The number of sulfonamides is 1. The molecule has 0 aromatic carbocycles. The van der Waals surface area contributed by atoms with E-state index in [1.807, 2.05) is 0 Å². The van der Waals surface area contributed by atoms with E-state index in [1.165, 1.54) is 11.3 Å². The molecule has 5 nitrogen and oxygen atoms in total. The first kappa shape index (κ1) is 15.9. The molecular weight excluding hydrogens is 298 g/mol. The third-order valence-corrected chi connectivity index (χ3v) is 6.34. The van der Waals surface area contributed by atoms with Gasteiger partial charge in [0.05, 0.1) is 17.6 Å². The average Bonchev–Trinajstić information content (AvgIpc) is 2.81. The summed E-state index contributed by atoms with van der Waals surface area (Å²) >= 11 is 1.27. The van der Waals surface area contributed by atoms with E-state index in [1.54, 1.807) is 12.3 Å². The standard InChI is InChI=1S/C13H21NO4S2/c1-10-9-19-12(8-15)13(10)20(16,17)14-6-5-11-4-2-3-7-18-11/h9,11,14-15H,2-8H2,1H3. The summed E-state index contributed by atoms with van der Waals surface area (Å²) < 4.78 is 32.7. The second-order valence-corrected chi connectivity index (χ2v) is 7.67. The molecule has 0 radical (unpaired) electrons. The Morgan fingerprint density at radius 1 is 1.50 bits per heavy atom. The molecule has 1 saturated heterocycles. The van der Waals surface area contributed by atoms with E-state index in [2.05, 4.69) is 4.72 Å². The summed E-state index contributed by atoms with van der Waals surface area (Å²) in [6, 6.07) is 0. The van der Waals surface area contributed by atoms with E-state index in [0.717, 1.165) is 25.9 Å². The molecule has 20 heavy (non-hydrogen) atoms. The molecule has 2 rings (SSSR count). The molecule has 7 heteroatoms. The monoisotopic (exact) mass is 319 g/mol. The van der Waals surface area contributed by atoms with Crippen LogP contribution in [0.25, 0.3) is 0 Å².